The second kappa shape index (κ2) is 5.91. The summed E-state index contributed by atoms with van der Waals surface area (Å²) in [7, 11) is -0.831. The number of hydrogen-bond donors (Lipinski definition) is 1. The highest BCUT2D eigenvalue weighted by molar-refractivity contribution is 7.85. The molecule has 0 spiro atoms. The van der Waals surface area contributed by atoms with E-state index in [0.717, 1.165) is 0 Å². The van der Waals surface area contributed by atoms with Gasteiger partial charge in [-0.3, -0.25) is 14.3 Å². The van der Waals surface area contributed by atoms with Crippen LogP contribution in [0.15, 0.2) is 6.20 Å². The van der Waals surface area contributed by atoms with Crippen molar-refractivity contribution in [2.75, 3.05) is 41.4 Å². The van der Waals surface area contributed by atoms with Gasteiger partial charge in [0.05, 0.1) is 4.92 Å². The van der Waals surface area contributed by atoms with Crippen LogP contribution in [0, 0.1) is 10.1 Å². The molecule has 0 saturated carbocycles. The van der Waals surface area contributed by atoms with E-state index < -0.39 is 15.7 Å². The number of nitrogens with one attached hydrogen (secondary N) is 1. The van der Waals surface area contributed by atoms with Crippen LogP contribution in [-0.2, 0) is 10.8 Å². The van der Waals surface area contributed by atoms with Crippen LogP contribution in [-0.4, -0.2) is 50.2 Å². The van der Waals surface area contributed by atoms with Crippen molar-refractivity contribution in [1.82, 2.24) is 9.97 Å². The van der Waals surface area contributed by atoms with Crippen LogP contribution in [0.1, 0.15) is 6.92 Å². The van der Waals surface area contributed by atoms with E-state index in [2.05, 4.69) is 15.3 Å². The van der Waals surface area contributed by atoms with Gasteiger partial charge in [0.15, 0.2) is 0 Å². The fraction of sp³-hybridized carbons (Fsp3) is 0.600. The SMILES string of the molecule is CCNc1ncc([N+](=O)[O-])c(N2CCS(=O)CC2)n1. The number of nitro groups is 1. The quantitative estimate of drug-likeness (QED) is 0.630. The minimum atomic E-state index is -0.831. The maximum Gasteiger partial charge on any atom is 0.329 e. The largest absolute Gasteiger partial charge is 0.354 e. The second-order valence-corrected chi connectivity index (χ2v) is 5.72. The molecule has 1 fully saturated rings. The Morgan fingerprint density at radius 2 is 2.21 bits per heavy atom. The molecule has 8 nitrogen and oxygen atoms in total. The first-order chi connectivity index (χ1) is 9.11. The first-order valence-electron chi connectivity index (χ1n) is 5.97. The molecule has 0 unspecified atom stereocenters. The average molecular weight is 285 g/mol. The molecule has 19 heavy (non-hydrogen) atoms. The predicted octanol–water partition coefficient (Wildman–Crippen LogP) is 0.385. The summed E-state index contributed by atoms with van der Waals surface area (Å²) < 4.78 is 11.3. The molecule has 1 aliphatic rings. The molecule has 2 heterocycles. The molecule has 0 radical (unpaired) electrons. The third kappa shape index (κ3) is 3.16. The highest BCUT2D eigenvalue weighted by Crippen LogP contribution is 2.26. The smallest absolute Gasteiger partial charge is 0.329 e. The summed E-state index contributed by atoms with van der Waals surface area (Å²) >= 11 is 0. The third-order valence-electron chi connectivity index (χ3n) is 2.76. The minimum absolute atomic E-state index is 0.116. The van der Waals surface area contributed by atoms with E-state index in [1.807, 2.05) is 6.92 Å². The van der Waals surface area contributed by atoms with Gasteiger partial charge in [0.25, 0.3) is 0 Å². The standard InChI is InChI=1S/C10H15N5O3S/c1-2-11-10-12-7-8(15(16)17)9(13-10)14-3-5-19(18)6-4-14/h7H,2-6H2,1H3,(H,11,12,13). The van der Waals surface area contributed by atoms with Gasteiger partial charge in [-0.25, -0.2) is 4.98 Å². The summed E-state index contributed by atoms with van der Waals surface area (Å²) in [5.74, 6) is 1.69. The van der Waals surface area contributed by atoms with Gasteiger partial charge in [-0.1, -0.05) is 0 Å². The van der Waals surface area contributed by atoms with Gasteiger partial charge in [-0.2, -0.15) is 4.98 Å². The molecule has 9 heteroatoms. The Balaban J connectivity index is 2.31. The number of aromatic nitrogens is 2. The summed E-state index contributed by atoms with van der Waals surface area (Å²) in [5, 5.41) is 13.9. The van der Waals surface area contributed by atoms with Gasteiger partial charge in [-0.05, 0) is 6.92 Å². The topological polar surface area (TPSA) is 101 Å². The molecular formula is C10H15N5O3S. The fourth-order valence-corrected chi connectivity index (χ4v) is 2.87. The van der Waals surface area contributed by atoms with Gasteiger partial charge in [0, 0.05) is 41.9 Å². The molecule has 104 valence electrons. The Bertz CT molecular complexity index is 500. The Morgan fingerprint density at radius 3 is 2.79 bits per heavy atom. The maximum atomic E-state index is 11.3. The summed E-state index contributed by atoms with van der Waals surface area (Å²) in [6, 6.07) is 0. The highest BCUT2D eigenvalue weighted by atomic mass is 32.2. The van der Waals surface area contributed by atoms with Gasteiger partial charge >= 0.3 is 5.69 Å². The lowest BCUT2D eigenvalue weighted by Gasteiger charge is -2.26. The zero-order chi connectivity index (χ0) is 13.8. The second-order valence-electron chi connectivity index (χ2n) is 4.03. The Labute approximate surface area is 112 Å². The molecule has 2 rings (SSSR count). The predicted molar refractivity (Wildman–Crippen MR) is 72.9 cm³/mol. The molecule has 0 atom stereocenters. The summed E-state index contributed by atoms with van der Waals surface area (Å²) in [4.78, 5) is 20.4. The van der Waals surface area contributed by atoms with Gasteiger partial charge in [0.1, 0.15) is 6.20 Å². The van der Waals surface area contributed by atoms with Crippen molar-refractivity contribution in [2.45, 2.75) is 6.92 Å². The van der Waals surface area contributed by atoms with E-state index >= 15 is 0 Å². The van der Waals surface area contributed by atoms with Crippen molar-refractivity contribution in [3.63, 3.8) is 0 Å². The molecule has 1 saturated heterocycles. The van der Waals surface area contributed by atoms with Crippen molar-refractivity contribution < 1.29 is 9.13 Å². The zero-order valence-electron chi connectivity index (χ0n) is 10.5. The van der Waals surface area contributed by atoms with Crippen molar-refractivity contribution in [3.8, 4) is 0 Å². The summed E-state index contributed by atoms with van der Waals surface area (Å²) in [6.07, 6.45) is 1.21. The van der Waals surface area contributed by atoms with Crippen LogP contribution < -0.4 is 10.2 Å². The lowest BCUT2D eigenvalue weighted by Crippen LogP contribution is -2.38. The lowest BCUT2D eigenvalue weighted by molar-refractivity contribution is -0.384. The van der Waals surface area contributed by atoms with E-state index in [4.69, 9.17) is 0 Å². The number of nitrogens with zero attached hydrogens (tertiary/aromatic N) is 4. The van der Waals surface area contributed by atoms with Gasteiger partial charge < -0.3 is 10.2 Å². The number of hydrogen-bond acceptors (Lipinski definition) is 7. The first-order valence-corrected chi connectivity index (χ1v) is 7.46. The van der Waals surface area contributed by atoms with Crippen molar-refractivity contribution in [1.29, 1.82) is 0 Å². The van der Waals surface area contributed by atoms with Crippen molar-refractivity contribution in [2.24, 2.45) is 0 Å². The zero-order valence-corrected chi connectivity index (χ0v) is 11.4. The average Bonchev–Trinajstić information content (AvgIpc) is 2.39. The molecule has 0 bridgehead atoms. The van der Waals surface area contributed by atoms with E-state index in [0.29, 0.717) is 42.9 Å². The van der Waals surface area contributed by atoms with E-state index in [1.54, 1.807) is 4.90 Å². The van der Waals surface area contributed by atoms with E-state index in [-0.39, 0.29) is 5.69 Å². The minimum Gasteiger partial charge on any atom is -0.354 e. The van der Waals surface area contributed by atoms with Crippen LogP contribution >= 0.6 is 0 Å². The van der Waals surface area contributed by atoms with Crippen LogP contribution in [0.4, 0.5) is 17.5 Å². The molecule has 1 aromatic rings. The Kier molecular flexibility index (Phi) is 4.25. The molecule has 1 aromatic heterocycles. The van der Waals surface area contributed by atoms with Crippen LogP contribution in [0.5, 0.6) is 0 Å². The molecule has 1 N–H and O–H groups in total. The van der Waals surface area contributed by atoms with Gasteiger partial charge in [0.2, 0.25) is 11.8 Å². The normalized spacial score (nSPS) is 16.4. The number of rotatable bonds is 4. The molecule has 1 aliphatic heterocycles. The molecular weight excluding hydrogens is 270 g/mol. The van der Waals surface area contributed by atoms with Crippen molar-refractivity contribution >= 4 is 28.3 Å². The highest BCUT2D eigenvalue weighted by Gasteiger charge is 2.25. The van der Waals surface area contributed by atoms with Crippen molar-refractivity contribution in [3.05, 3.63) is 16.3 Å². The molecule has 0 amide bonds. The fourth-order valence-electron chi connectivity index (χ4n) is 1.82. The van der Waals surface area contributed by atoms with Crippen LogP contribution in [0.25, 0.3) is 0 Å². The Hall–Kier alpha value is -1.77. The molecule has 0 aliphatic carbocycles. The summed E-state index contributed by atoms with van der Waals surface area (Å²) in [5.41, 5.74) is -0.116. The maximum absolute atomic E-state index is 11.3. The van der Waals surface area contributed by atoms with Crippen LogP contribution in [0.2, 0.25) is 0 Å². The third-order valence-corrected chi connectivity index (χ3v) is 4.03. The van der Waals surface area contributed by atoms with Gasteiger partial charge in [-0.15, -0.1) is 0 Å². The Morgan fingerprint density at radius 1 is 1.53 bits per heavy atom. The number of anilines is 2. The van der Waals surface area contributed by atoms with E-state index in [9.17, 15) is 14.3 Å². The summed E-state index contributed by atoms with van der Waals surface area (Å²) in [6.45, 7) is 3.56. The van der Waals surface area contributed by atoms with Crippen LogP contribution in [0.3, 0.4) is 0 Å². The monoisotopic (exact) mass is 285 g/mol. The van der Waals surface area contributed by atoms with E-state index in [1.165, 1.54) is 6.20 Å². The molecule has 0 aromatic carbocycles. The first kappa shape index (κ1) is 13.7. The lowest BCUT2D eigenvalue weighted by atomic mass is 10.4.